The van der Waals surface area contributed by atoms with Crippen LogP contribution in [-0.4, -0.2) is 165 Å². The molecule has 0 spiro atoms. The summed E-state index contributed by atoms with van der Waals surface area (Å²) in [6.07, 6.45) is 6.70. The molecule has 17 nitrogen and oxygen atoms in total. The second kappa shape index (κ2) is 34.2. The van der Waals surface area contributed by atoms with Crippen molar-refractivity contribution in [3.05, 3.63) is 24.3 Å². The lowest BCUT2D eigenvalue weighted by Gasteiger charge is -2.24. The third kappa shape index (κ3) is 29.6. The van der Waals surface area contributed by atoms with E-state index in [0.29, 0.717) is 92.4 Å². The zero-order valence-corrected chi connectivity index (χ0v) is 29.7. The minimum atomic E-state index is -0.436. The number of imide groups is 1. The summed E-state index contributed by atoms with van der Waals surface area (Å²) in [6, 6.07) is 0. The van der Waals surface area contributed by atoms with Crippen LogP contribution in [0.25, 0.3) is 0 Å². The molecule has 0 atom stereocenters. The molecule has 1 rings (SSSR count). The highest BCUT2D eigenvalue weighted by molar-refractivity contribution is 6.13. The second-order valence-electron chi connectivity index (χ2n) is 10.3. The Kier molecular flexibility index (Phi) is 31.9. The molecular weight excluding hydrogens is 660 g/mol. The third-order valence-corrected chi connectivity index (χ3v) is 6.36. The molecule has 0 unspecified atom stereocenters. The quantitative estimate of drug-likeness (QED) is 0.0522. The van der Waals surface area contributed by atoms with Crippen LogP contribution < -0.4 is 11.5 Å². The van der Waals surface area contributed by atoms with E-state index >= 15 is 0 Å². The maximum atomic E-state index is 12.9. The number of allylic oxidation sites excluding steroid dienone is 2. The maximum Gasteiger partial charge on any atom is 0.253 e. The SMILES string of the molecule is C/C=C\C.NC(=O)CCOCCOCCOCCOCCN(CCOCCOCCOCCOCCC(N)=O)C(=O)CCN1C(=O)C=CC1=O.[HH].[HH]. The number of nitrogens with zero attached hydrogens (tertiary/aromatic N) is 2. The van der Waals surface area contributed by atoms with Crippen molar-refractivity contribution in [2.24, 2.45) is 11.5 Å². The molecule has 1 aliphatic rings. The number of amides is 5. The predicted molar refractivity (Wildman–Crippen MR) is 186 cm³/mol. The van der Waals surface area contributed by atoms with Crippen molar-refractivity contribution in [2.75, 3.05) is 125 Å². The van der Waals surface area contributed by atoms with Gasteiger partial charge in [-0.3, -0.25) is 28.9 Å². The predicted octanol–water partition coefficient (Wildman–Crippen LogP) is 0.0881. The minimum Gasteiger partial charge on any atom is -0.379 e. The number of hydrogen-bond donors (Lipinski definition) is 2. The number of carbonyl (C=O) groups is 5. The van der Waals surface area contributed by atoms with Gasteiger partial charge in [-0.1, -0.05) is 12.2 Å². The largest absolute Gasteiger partial charge is 0.379 e. The lowest BCUT2D eigenvalue weighted by Crippen LogP contribution is -2.40. The topological polar surface area (TPSA) is 218 Å². The van der Waals surface area contributed by atoms with Crippen LogP contribution in [0.2, 0.25) is 0 Å². The first kappa shape index (κ1) is 46.7. The van der Waals surface area contributed by atoms with Crippen molar-refractivity contribution < 1.29 is 64.7 Å². The van der Waals surface area contributed by atoms with Crippen LogP contribution >= 0.6 is 0 Å². The Morgan fingerprint density at radius 1 is 0.560 bits per heavy atom. The highest BCUT2D eigenvalue weighted by Crippen LogP contribution is 2.06. The molecule has 5 amide bonds. The van der Waals surface area contributed by atoms with Gasteiger partial charge in [0.15, 0.2) is 0 Å². The maximum absolute atomic E-state index is 12.9. The average Bonchev–Trinajstić information content (AvgIpc) is 3.42. The monoisotopic (exact) mass is 722 g/mol. The van der Waals surface area contributed by atoms with Gasteiger partial charge in [-0.2, -0.15) is 0 Å². The van der Waals surface area contributed by atoms with Gasteiger partial charge in [-0.05, 0) is 13.8 Å². The fraction of sp³-hybridized carbons (Fsp3) is 0.727. The molecular formula is C33H62N4O13. The lowest BCUT2D eigenvalue weighted by atomic mass is 10.3. The van der Waals surface area contributed by atoms with Gasteiger partial charge in [0.1, 0.15) is 0 Å². The van der Waals surface area contributed by atoms with Crippen molar-refractivity contribution in [3.63, 3.8) is 0 Å². The van der Waals surface area contributed by atoms with Gasteiger partial charge in [0.05, 0.1) is 106 Å². The molecule has 4 N–H and O–H groups in total. The van der Waals surface area contributed by atoms with Crippen LogP contribution in [0.1, 0.15) is 36.0 Å². The van der Waals surface area contributed by atoms with Gasteiger partial charge in [0.2, 0.25) is 17.7 Å². The molecule has 0 aromatic carbocycles. The zero-order chi connectivity index (χ0) is 37.1. The van der Waals surface area contributed by atoms with Gasteiger partial charge in [-0.15, -0.1) is 0 Å². The number of rotatable bonds is 33. The summed E-state index contributed by atoms with van der Waals surface area (Å²) in [7, 11) is 0. The van der Waals surface area contributed by atoms with Gasteiger partial charge in [0.25, 0.3) is 11.8 Å². The molecule has 0 aromatic rings. The Balaban J connectivity index is -0.00000379. The zero-order valence-electron chi connectivity index (χ0n) is 29.7. The Morgan fingerprint density at radius 3 is 1.16 bits per heavy atom. The van der Waals surface area contributed by atoms with E-state index in [4.69, 9.17) is 49.4 Å². The third-order valence-electron chi connectivity index (χ3n) is 6.36. The summed E-state index contributed by atoms with van der Waals surface area (Å²) in [5.41, 5.74) is 10.1. The number of nitrogens with two attached hydrogens (primary N) is 2. The summed E-state index contributed by atoms with van der Waals surface area (Å²) < 4.78 is 43.2. The molecule has 0 radical (unpaired) electrons. The standard InChI is InChI=1S/C29H50N4O13.C4H8.2H2/c30-25(34)4-9-39-13-17-43-21-23-45-19-15-41-11-7-32(27(36)3-6-33-28(37)1-2-29(33)38)8-12-42-16-20-46-24-22-44-18-14-40-10-5-26(31)35;1-3-4-2;;/h1-2H,3-24H2,(H2,30,34)(H2,31,35);3-4H,1-2H3;2*1H/b;4-3-;;. The first-order valence-electron chi connectivity index (χ1n) is 16.8. The molecule has 1 aliphatic heterocycles. The van der Waals surface area contributed by atoms with E-state index in [1.54, 1.807) is 4.90 Å². The fourth-order valence-corrected chi connectivity index (χ4v) is 3.60. The van der Waals surface area contributed by atoms with Crippen molar-refractivity contribution in [2.45, 2.75) is 33.1 Å². The molecule has 0 aliphatic carbocycles. The van der Waals surface area contributed by atoms with E-state index in [9.17, 15) is 24.0 Å². The van der Waals surface area contributed by atoms with E-state index in [2.05, 4.69) is 0 Å². The van der Waals surface area contributed by atoms with Crippen molar-refractivity contribution >= 4 is 29.5 Å². The fourth-order valence-electron chi connectivity index (χ4n) is 3.60. The van der Waals surface area contributed by atoms with E-state index in [1.807, 2.05) is 26.0 Å². The normalized spacial score (nSPS) is 12.5. The number of primary amides is 2. The van der Waals surface area contributed by atoms with Crippen LogP contribution in [0, 0.1) is 0 Å². The molecule has 1 heterocycles. The molecule has 50 heavy (non-hydrogen) atoms. The van der Waals surface area contributed by atoms with Gasteiger partial charge in [0, 0.05) is 53.9 Å². The first-order chi connectivity index (χ1) is 24.2. The summed E-state index contributed by atoms with van der Waals surface area (Å²) >= 11 is 0. The van der Waals surface area contributed by atoms with E-state index in [0.717, 1.165) is 4.90 Å². The van der Waals surface area contributed by atoms with Crippen LogP contribution in [-0.2, 0) is 61.9 Å². The summed E-state index contributed by atoms with van der Waals surface area (Å²) in [5, 5.41) is 0. The van der Waals surface area contributed by atoms with Crippen molar-refractivity contribution in [3.8, 4) is 0 Å². The summed E-state index contributed by atoms with van der Waals surface area (Å²) in [6.45, 7) is 9.97. The molecule has 0 aromatic heterocycles. The number of hydrogen-bond acceptors (Lipinski definition) is 13. The number of ether oxygens (including phenoxy) is 8. The van der Waals surface area contributed by atoms with Crippen LogP contribution in [0.15, 0.2) is 24.3 Å². The lowest BCUT2D eigenvalue weighted by molar-refractivity contribution is -0.138. The van der Waals surface area contributed by atoms with Crippen LogP contribution in [0.5, 0.6) is 0 Å². The smallest absolute Gasteiger partial charge is 0.253 e. The van der Waals surface area contributed by atoms with Crippen molar-refractivity contribution in [1.29, 1.82) is 0 Å². The highest BCUT2D eigenvalue weighted by atomic mass is 16.6. The first-order valence-corrected chi connectivity index (χ1v) is 16.8. The van der Waals surface area contributed by atoms with Gasteiger partial charge >= 0.3 is 0 Å². The molecule has 0 bridgehead atoms. The Hall–Kier alpha value is -3.29. The molecule has 0 saturated carbocycles. The van der Waals surface area contributed by atoms with Crippen LogP contribution in [0.4, 0.5) is 0 Å². The molecule has 0 saturated heterocycles. The summed E-state index contributed by atoms with van der Waals surface area (Å²) in [4.78, 5) is 60.3. The van der Waals surface area contributed by atoms with E-state index in [1.165, 1.54) is 12.2 Å². The molecule has 292 valence electrons. The van der Waals surface area contributed by atoms with E-state index < -0.39 is 23.6 Å². The number of carbonyl (C=O) groups excluding carboxylic acids is 5. The Bertz CT molecular complexity index is 930. The average molecular weight is 723 g/mol. The van der Waals surface area contributed by atoms with Crippen molar-refractivity contribution in [1.82, 2.24) is 9.80 Å². The molecule has 17 heteroatoms. The van der Waals surface area contributed by atoms with Gasteiger partial charge < -0.3 is 54.3 Å². The van der Waals surface area contributed by atoms with Gasteiger partial charge in [-0.25, -0.2) is 0 Å². The Morgan fingerprint density at radius 2 is 0.860 bits per heavy atom. The summed E-state index contributed by atoms with van der Waals surface area (Å²) in [5.74, 6) is -1.93. The van der Waals surface area contributed by atoms with E-state index in [-0.39, 0.29) is 61.0 Å². The Labute approximate surface area is 298 Å². The second-order valence-corrected chi connectivity index (χ2v) is 10.3. The van der Waals surface area contributed by atoms with Crippen LogP contribution in [0.3, 0.4) is 0 Å². The minimum absolute atomic E-state index is 0. The highest BCUT2D eigenvalue weighted by Gasteiger charge is 2.24. The molecule has 0 fully saturated rings.